The summed E-state index contributed by atoms with van der Waals surface area (Å²) in [6.45, 7) is 6.18. The van der Waals surface area contributed by atoms with Crippen LogP contribution in [0, 0.1) is 6.92 Å². The molecule has 0 aliphatic rings. The Hall–Kier alpha value is -1.61. The van der Waals surface area contributed by atoms with Crippen molar-refractivity contribution in [2.75, 3.05) is 6.54 Å². The predicted molar refractivity (Wildman–Crippen MR) is 70.8 cm³/mol. The van der Waals surface area contributed by atoms with Crippen LogP contribution in [0.3, 0.4) is 0 Å². The van der Waals surface area contributed by atoms with E-state index in [1.54, 1.807) is 0 Å². The van der Waals surface area contributed by atoms with Crippen molar-refractivity contribution in [2.24, 2.45) is 7.05 Å². The second-order valence-corrected chi connectivity index (χ2v) is 4.33. The molecule has 0 radical (unpaired) electrons. The maximum Gasteiger partial charge on any atom is 0.0568 e. The zero-order valence-electron chi connectivity index (χ0n) is 10.7. The van der Waals surface area contributed by atoms with Crippen LogP contribution in [-0.4, -0.2) is 16.3 Å². The second-order valence-electron chi connectivity index (χ2n) is 4.33. The summed E-state index contributed by atoms with van der Waals surface area (Å²) in [5, 5.41) is 7.57. The first-order valence-electron chi connectivity index (χ1n) is 6.00. The Kier molecular flexibility index (Phi) is 3.59. The molecule has 0 aliphatic heterocycles. The summed E-state index contributed by atoms with van der Waals surface area (Å²) in [7, 11) is 1.95. The van der Waals surface area contributed by atoms with Gasteiger partial charge >= 0.3 is 0 Å². The first kappa shape index (κ1) is 11.9. The zero-order valence-corrected chi connectivity index (χ0v) is 10.7. The van der Waals surface area contributed by atoms with Gasteiger partial charge in [-0.3, -0.25) is 4.68 Å². The van der Waals surface area contributed by atoms with E-state index in [0.29, 0.717) is 0 Å². The lowest BCUT2D eigenvalue weighted by atomic mass is 10.0. The molecule has 0 amide bonds. The summed E-state index contributed by atoms with van der Waals surface area (Å²) < 4.78 is 1.84. The summed E-state index contributed by atoms with van der Waals surface area (Å²) >= 11 is 0. The van der Waals surface area contributed by atoms with Crippen LogP contribution in [0.15, 0.2) is 30.6 Å². The third-order valence-electron chi connectivity index (χ3n) is 2.90. The average Bonchev–Trinajstić information content (AvgIpc) is 2.75. The largest absolute Gasteiger partial charge is 0.313 e. The molecule has 1 N–H and O–H groups in total. The lowest BCUT2D eigenvalue weighted by molar-refractivity contribution is 0.727. The summed E-state index contributed by atoms with van der Waals surface area (Å²) in [4.78, 5) is 0. The van der Waals surface area contributed by atoms with Gasteiger partial charge in [0, 0.05) is 25.4 Å². The predicted octanol–water partition coefficient (Wildman–Crippen LogP) is 2.51. The first-order chi connectivity index (χ1) is 8.20. The van der Waals surface area contributed by atoms with Crippen molar-refractivity contribution in [1.82, 2.24) is 15.1 Å². The van der Waals surface area contributed by atoms with E-state index >= 15 is 0 Å². The summed E-state index contributed by atoms with van der Waals surface area (Å²) in [5.41, 5.74) is 5.06. The Morgan fingerprint density at radius 3 is 2.82 bits per heavy atom. The number of nitrogens with zero attached hydrogens (tertiary/aromatic N) is 2. The normalized spacial score (nSPS) is 10.8. The van der Waals surface area contributed by atoms with Crippen LogP contribution in [0.25, 0.3) is 11.1 Å². The van der Waals surface area contributed by atoms with Gasteiger partial charge in [-0.15, -0.1) is 0 Å². The van der Waals surface area contributed by atoms with Crippen LogP contribution in [0.1, 0.15) is 18.1 Å². The number of hydrogen-bond acceptors (Lipinski definition) is 2. The van der Waals surface area contributed by atoms with Crippen molar-refractivity contribution in [2.45, 2.75) is 20.4 Å². The van der Waals surface area contributed by atoms with Gasteiger partial charge in [0.25, 0.3) is 0 Å². The SMILES string of the molecule is CCNCc1ccc(C)c(-c2cnn(C)c2)c1. The zero-order chi connectivity index (χ0) is 12.3. The molecule has 2 aromatic rings. The summed E-state index contributed by atoms with van der Waals surface area (Å²) in [6.07, 6.45) is 3.97. The molecule has 0 saturated heterocycles. The Labute approximate surface area is 102 Å². The topological polar surface area (TPSA) is 29.9 Å². The Balaban J connectivity index is 2.32. The molecule has 0 spiro atoms. The maximum atomic E-state index is 4.23. The van der Waals surface area contributed by atoms with Crippen LogP contribution in [0.2, 0.25) is 0 Å². The van der Waals surface area contributed by atoms with Gasteiger partial charge in [0.2, 0.25) is 0 Å². The molecular formula is C14H19N3. The van der Waals surface area contributed by atoms with Crippen LogP contribution < -0.4 is 5.32 Å². The van der Waals surface area contributed by atoms with Gasteiger partial charge in [-0.05, 0) is 36.2 Å². The second kappa shape index (κ2) is 5.15. The van der Waals surface area contributed by atoms with E-state index in [0.717, 1.165) is 13.1 Å². The van der Waals surface area contributed by atoms with Crippen molar-refractivity contribution in [3.63, 3.8) is 0 Å². The smallest absolute Gasteiger partial charge is 0.0568 e. The van der Waals surface area contributed by atoms with Gasteiger partial charge in [-0.2, -0.15) is 5.10 Å². The monoisotopic (exact) mass is 229 g/mol. The quantitative estimate of drug-likeness (QED) is 0.873. The van der Waals surface area contributed by atoms with Crippen LogP contribution in [0.4, 0.5) is 0 Å². The lowest BCUT2D eigenvalue weighted by Gasteiger charge is -2.07. The number of rotatable bonds is 4. The lowest BCUT2D eigenvalue weighted by Crippen LogP contribution is -2.11. The van der Waals surface area contributed by atoms with Crippen LogP contribution in [-0.2, 0) is 13.6 Å². The molecule has 3 nitrogen and oxygen atoms in total. The number of benzene rings is 1. The number of hydrogen-bond donors (Lipinski definition) is 1. The molecule has 0 saturated carbocycles. The summed E-state index contributed by atoms with van der Waals surface area (Å²) in [6, 6.07) is 6.60. The highest BCUT2D eigenvalue weighted by Crippen LogP contribution is 2.23. The molecule has 90 valence electrons. The third kappa shape index (κ3) is 2.74. The molecule has 1 heterocycles. The van der Waals surface area contributed by atoms with Gasteiger partial charge in [-0.25, -0.2) is 0 Å². The van der Waals surface area contributed by atoms with Gasteiger partial charge < -0.3 is 5.32 Å². The van der Waals surface area contributed by atoms with Crippen molar-refractivity contribution < 1.29 is 0 Å². The molecule has 2 rings (SSSR count). The van der Waals surface area contributed by atoms with Crippen LogP contribution >= 0.6 is 0 Å². The summed E-state index contributed by atoms with van der Waals surface area (Å²) in [5.74, 6) is 0. The minimum Gasteiger partial charge on any atom is -0.313 e. The van der Waals surface area contributed by atoms with E-state index in [2.05, 4.69) is 48.7 Å². The van der Waals surface area contributed by atoms with Crippen molar-refractivity contribution >= 4 is 0 Å². The number of nitrogens with one attached hydrogen (secondary N) is 1. The van der Waals surface area contributed by atoms with E-state index < -0.39 is 0 Å². The highest BCUT2D eigenvalue weighted by atomic mass is 15.2. The van der Waals surface area contributed by atoms with E-state index in [9.17, 15) is 0 Å². The fourth-order valence-corrected chi connectivity index (χ4v) is 1.92. The molecule has 1 aromatic carbocycles. The highest BCUT2D eigenvalue weighted by Gasteiger charge is 2.05. The molecule has 0 atom stereocenters. The molecule has 3 heteroatoms. The van der Waals surface area contributed by atoms with Gasteiger partial charge in [0.05, 0.1) is 6.20 Å². The average molecular weight is 229 g/mol. The van der Waals surface area contributed by atoms with E-state index in [4.69, 9.17) is 0 Å². The molecule has 0 aliphatic carbocycles. The number of aromatic nitrogens is 2. The van der Waals surface area contributed by atoms with E-state index in [1.807, 2.05) is 17.9 Å². The maximum absolute atomic E-state index is 4.23. The van der Waals surface area contributed by atoms with Gasteiger partial charge in [0.1, 0.15) is 0 Å². The number of aryl methyl sites for hydroxylation is 2. The Bertz CT molecular complexity index is 500. The standard InChI is InChI=1S/C14H19N3/c1-4-15-8-12-6-5-11(2)14(7-12)13-9-16-17(3)10-13/h5-7,9-10,15H,4,8H2,1-3H3. The fourth-order valence-electron chi connectivity index (χ4n) is 1.92. The van der Waals surface area contributed by atoms with Crippen molar-refractivity contribution in [3.05, 3.63) is 41.7 Å². The fraction of sp³-hybridized carbons (Fsp3) is 0.357. The molecule has 0 unspecified atom stereocenters. The Morgan fingerprint density at radius 2 is 2.18 bits per heavy atom. The highest BCUT2D eigenvalue weighted by molar-refractivity contribution is 5.66. The molecule has 0 fully saturated rings. The molecule has 0 bridgehead atoms. The first-order valence-corrected chi connectivity index (χ1v) is 6.00. The van der Waals surface area contributed by atoms with Gasteiger partial charge in [-0.1, -0.05) is 19.1 Å². The van der Waals surface area contributed by atoms with Crippen molar-refractivity contribution in [3.8, 4) is 11.1 Å². The van der Waals surface area contributed by atoms with Gasteiger partial charge in [0.15, 0.2) is 0 Å². The third-order valence-corrected chi connectivity index (χ3v) is 2.90. The van der Waals surface area contributed by atoms with E-state index in [-0.39, 0.29) is 0 Å². The van der Waals surface area contributed by atoms with E-state index in [1.165, 1.54) is 22.3 Å². The Morgan fingerprint density at radius 1 is 1.35 bits per heavy atom. The molecule has 1 aromatic heterocycles. The molecular weight excluding hydrogens is 210 g/mol. The minimum atomic E-state index is 0.921. The van der Waals surface area contributed by atoms with Crippen molar-refractivity contribution in [1.29, 1.82) is 0 Å². The minimum absolute atomic E-state index is 0.921. The van der Waals surface area contributed by atoms with Crippen LogP contribution in [0.5, 0.6) is 0 Å². The molecule has 17 heavy (non-hydrogen) atoms.